The van der Waals surface area contributed by atoms with Crippen molar-refractivity contribution < 1.29 is 15.6 Å². The van der Waals surface area contributed by atoms with E-state index < -0.39 is 0 Å². The molecule has 1 N–H and O–H groups in total. The van der Waals surface area contributed by atoms with Gasteiger partial charge < -0.3 is 10.1 Å². The SMILES string of the molecule is F.F.[HH].c1ccc(Cc2nc(CN(CCn3cccn3)Cc3csc(Cc4ccccc4)n3)cs2)cc1.c1ccc(OCc2nc(CNCCn3cccn3)cs2)cc1. The van der Waals surface area contributed by atoms with E-state index in [1.165, 1.54) is 11.1 Å². The fraction of sp³-hybridized carbons (Fsp3) is 0.233. The molecule has 0 bridgehead atoms. The molecule has 304 valence electrons. The second-order valence-electron chi connectivity index (χ2n) is 13.0. The first kappa shape index (κ1) is 43.7. The van der Waals surface area contributed by atoms with Gasteiger partial charge in [0.2, 0.25) is 0 Å². The van der Waals surface area contributed by atoms with E-state index in [4.69, 9.17) is 14.7 Å². The third-order valence-corrected chi connectivity index (χ3v) is 11.3. The molecule has 0 radical (unpaired) electrons. The third kappa shape index (κ3) is 14.5. The summed E-state index contributed by atoms with van der Waals surface area (Å²) in [6.45, 7) is 6.35. The number of thiazole rings is 3. The van der Waals surface area contributed by atoms with Crippen LogP contribution < -0.4 is 10.1 Å². The highest BCUT2D eigenvalue weighted by Crippen LogP contribution is 2.20. The van der Waals surface area contributed by atoms with Gasteiger partial charge in [-0.15, -0.1) is 34.0 Å². The van der Waals surface area contributed by atoms with Crippen LogP contribution in [0.25, 0.3) is 0 Å². The number of rotatable bonds is 19. The zero-order valence-electron chi connectivity index (χ0n) is 32.0. The molecular weight excluding hydrogens is 793 g/mol. The second-order valence-corrected chi connectivity index (χ2v) is 15.9. The molecule has 8 aromatic rings. The third-order valence-electron chi connectivity index (χ3n) is 8.66. The topological polar surface area (TPSA) is 98.8 Å². The predicted molar refractivity (Wildman–Crippen MR) is 233 cm³/mol. The van der Waals surface area contributed by atoms with Crippen molar-refractivity contribution in [2.75, 3.05) is 13.1 Å². The van der Waals surface area contributed by atoms with Gasteiger partial charge in [0.15, 0.2) is 0 Å². The van der Waals surface area contributed by atoms with Crippen LogP contribution >= 0.6 is 34.0 Å². The molecule has 0 aliphatic carbocycles. The van der Waals surface area contributed by atoms with Crippen LogP contribution in [0.1, 0.15) is 44.7 Å². The number of benzene rings is 3. The van der Waals surface area contributed by atoms with Crippen molar-refractivity contribution >= 4 is 34.0 Å². The van der Waals surface area contributed by atoms with Gasteiger partial charge in [0.1, 0.15) is 17.4 Å². The van der Waals surface area contributed by atoms with Crippen molar-refractivity contribution in [1.82, 2.24) is 44.7 Å². The van der Waals surface area contributed by atoms with Crippen LogP contribution in [0.5, 0.6) is 5.75 Å². The van der Waals surface area contributed by atoms with Gasteiger partial charge in [-0.2, -0.15) is 10.2 Å². The van der Waals surface area contributed by atoms with E-state index >= 15 is 0 Å². The van der Waals surface area contributed by atoms with E-state index in [9.17, 15) is 0 Å². The number of halogens is 2. The first-order valence-corrected chi connectivity index (χ1v) is 21.3. The van der Waals surface area contributed by atoms with Crippen LogP contribution in [0.15, 0.2) is 144 Å². The van der Waals surface area contributed by atoms with E-state index in [0.717, 1.165) is 96.5 Å². The van der Waals surface area contributed by atoms with E-state index in [1.54, 1.807) is 40.2 Å². The second kappa shape index (κ2) is 23.7. The van der Waals surface area contributed by atoms with E-state index in [-0.39, 0.29) is 10.8 Å². The molecule has 0 aliphatic heterocycles. The molecule has 0 saturated heterocycles. The van der Waals surface area contributed by atoms with Crippen molar-refractivity contribution in [1.29, 1.82) is 0 Å². The first-order valence-electron chi connectivity index (χ1n) is 18.6. The summed E-state index contributed by atoms with van der Waals surface area (Å²) in [6, 6.07) is 34.8. The summed E-state index contributed by atoms with van der Waals surface area (Å²) in [7, 11) is 0. The minimum absolute atomic E-state index is 0. The van der Waals surface area contributed by atoms with Crippen LogP contribution in [-0.4, -0.2) is 52.5 Å². The monoisotopic (exact) mass is 841 g/mol. The fourth-order valence-electron chi connectivity index (χ4n) is 5.90. The van der Waals surface area contributed by atoms with Crippen molar-refractivity contribution in [3.63, 3.8) is 0 Å². The van der Waals surface area contributed by atoms with Crippen LogP contribution in [0, 0.1) is 0 Å². The molecule has 10 nitrogen and oxygen atoms in total. The molecule has 0 amide bonds. The molecule has 5 aromatic heterocycles. The zero-order chi connectivity index (χ0) is 38.0. The smallest absolute Gasteiger partial charge is 0.140 e. The van der Waals surface area contributed by atoms with Gasteiger partial charge in [0, 0.05) is 87.9 Å². The van der Waals surface area contributed by atoms with Crippen molar-refractivity contribution in [3.8, 4) is 5.75 Å². The molecule has 0 spiro atoms. The highest BCUT2D eigenvalue weighted by atomic mass is 32.1. The Balaban J connectivity index is 0.000000269. The van der Waals surface area contributed by atoms with E-state index in [1.807, 2.05) is 70.4 Å². The zero-order valence-corrected chi connectivity index (χ0v) is 34.4. The van der Waals surface area contributed by atoms with Crippen LogP contribution in [0.2, 0.25) is 0 Å². The van der Waals surface area contributed by atoms with Gasteiger partial charge in [-0.05, 0) is 35.4 Å². The highest BCUT2D eigenvalue weighted by molar-refractivity contribution is 7.10. The van der Waals surface area contributed by atoms with Gasteiger partial charge in [-0.3, -0.25) is 23.7 Å². The summed E-state index contributed by atoms with van der Waals surface area (Å²) in [6.07, 6.45) is 9.36. The summed E-state index contributed by atoms with van der Waals surface area (Å²) in [4.78, 5) is 16.8. The van der Waals surface area contributed by atoms with Crippen molar-refractivity contribution in [2.45, 2.75) is 52.2 Å². The lowest BCUT2D eigenvalue weighted by Gasteiger charge is -2.20. The summed E-state index contributed by atoms with van der Waals surface area (Å²) in [5.74, 6) is 0.872. The van der Waals surface area contributed by atoms with Gasteiger partial charge in [-0.25, -0.2) is 15.0 Å². The molecular formula is C43H49F2N9OS3. The Morgan fingerprint density at radius 3 is 1.64 bits per heavy atom. The quantitative estimate of drug-likeness (QED) is 0.0807. The average molecular weight is 842 g/mol. The van der Waals surface area contributed by atoms with Gasteiger partial charge in [0.05, 0.1) is 40.2 Å². The van der Waals surface area contributed by atoms with Crippen LogP contribution in [-0.2, 0) is 52.2 Å². The Morgan fingerprint density at radius 2 is 1.09 bits per heavy atom. The number of nitrogens with zero attached hydrogens (tertiary/aromatic N) is 8. The van der Waals surface area contributed by atoms with Crippen LogP contribution in [0.4, 0.5) is 9.41 Å². The largest absolute Gasteiger partial charge is 0.486 e. The molecule has 0 saturated carbocycles. The Labute approximate surface area is 351 Å². The highest BCUT2D eigenvalue weighted by Gasteiger charge is 2.14. The first-order chi connectivity index (χ1) is 27.7. The molecule has 58 heavy (non-hydrogen) atoms. The average Bonchev–Trinajstić information content (AvgIpc) is 4.10. The van der Waals surface area contributed by atoms with E-state index in [2.05, 4.69) is 102 Å². The predicted octanol–water partition coefficient (Wildman–Crippen LogP) is 8.94. The fourth-order valence-corrected chi connectivity index (χ4v) is 8.24. The van der Waals surface area contributed by atoms with Crippen LogP contribution in [0.3, 0.4) is 0 Å². The minimum Gasteiger partial charge on any atom is -0.486 e. The summed E-state index contributed by atoms with van der Waals surface area (Å²) in [5, 5.41) is 21.7. The molecule has 5 heterocycles. The molecule has 0 fully saturated rings. The maximum absolute atomic E-state index is 5.70. The standard InChI is InChI=1S/C27H27N5S2.C16H18N4OS.2FH.H2/c1-3-8-22(9-4-1)16-26-29-24(20-33-26)18-31(14-15-32-13-7-12-28-32)19-25-21-34-27(30-25)17-23-10-5-2-6-11-23;1-2-5-15(6-3-1)21-12-16-19-14(13-22-16)11-17-8-10-20-9-4-7-18-20;;;/h1-13,20-21H,14-19H2;1-7,9,13,17H,8,10-12H2;3*1H. The van der Waals surface area contributed by atoms with Gasteiger partial charge in [-0.1, -0.05) is 78.9 Å². The lowest BCUT2D eigenvalue weighted by atomic mass is 10.2. The number of hydrogen-bond donors (Lipinski definition) is 1. The van der Waals surface area contributed by atoms with Crippen molar-refractivity contribution in [3.05, 3.63) is 187 Å². The number of hydrogen-bond acceptors (Lipinski definition) is 11. The summed E-state index contributed by atoms with van der Waals surface area (Å²) >= 11 is 5.12. The lowest BCUT2D eigenvalue weighted by Crippen LogP contribution is -2.27. The molecule has 3 aromatic carbocycles. The Bertz CT molecular complexity index is 2180. The molecule has 15 heteroatoms. The van der Waals surface area contributed by atoms with Gasteiger partial charge >= 0.3 is 0 Å². The maximum Gasteiger partial charge on any atom is 0.140 e. The normalized spacial score (nSPS) is 10.7. The Morgan fingerprint density at radius 1 is 0.586 bits per heavy atom. The lowest BCUT2D eigenvalue weighted by molar-refractivity contribution is 0.237. The van der Waals surface area contributed by atoms with Gasteiger partial charge in [0.25, 0.3) is 0 Å². The number of aromatic nitrogens is 7. The Hall–Kier alpha value is -5.45. The van der Waals surface area contributed by atoms with E-state index in [0.29, 0.717) is 6.61 Å². The number of nitrogens with one attached hydrogen (secondary N) is 1. The number of ether oxygens (including phenoxy) is 1. The Kier molecular flexibility index (Phi) is 17.8. The molecule has 0 unspecified atom stereocenters. The summed E-state index contributed by atoms with van der Waals surface area (Å²) in [5.41, 5.74) is 5.89. The number of para-hydroxylation sites is 1. The molecule has 0 aliphatic rings. The minimum atomic E-state index is 0. The molecule has 0 atom stereocenters. The van der Waals surface area contributed by atoms with Crippen molar-refractivity contribution in [2.24, 2.45) is 0 Å². The summed E-state index contributed by atoms with van der Waals surface area (Å²) < 4.78 is 9.59. The molecule has 8 rings (SSSR count). The maximum atomic E-state index is 5.70.